The van der Waals surface area contributed by atoms with Crippen molar-refractivity contribution in [2.24, 2.45) is 5.41 Å². The molecule has 0 fully saturated rings. The summed E-state index contributed by atoms with van der Waals surface area (Å²) in [5.41, 5.74) is 17.2. The lowest BCUT2D eigenvalue weighted by atomic mass is 9.83. The van der Waals surface area contributed by atoms with E-state index in [0.29, 0.717) is 5.56 Å². The van der Waals surface area contributed by atoms with E-state index in [0.717, 1.165) is 73.1 Å². The third-order valence-corrected chi connectivity index (χ3v) is 11.5. The van der Waals surface area contributed by atoms with Gasteiger partial charge in [0.25, 0.3) is 0 Å². The van der Waals surface area contributed by atoms with E-state index in [1.807, 2.05) is 20.8 Å². The molecular weight excluding hydrogens is 609 g/mol. The van der Waals surface area contributed by atoms with Crippen LogP contribution < -0.4 is 9.13 Å². The van der Waals surface area contributed by atoms with Crippen molar-refractivity contribution in [3.05, 3.63) is 148 Å². The fraction of sp³-hybridized carbons (Fsp3) is 0.234. The van der Waals surface area contributed by atoms with Gasteiger partial charge in [-0.15, -0.1) is 9.13 Å². The summed E-state index contributed by atoms with van der Waals surface area (Å²) < 4.78 is 31.7. The molecular formula is C47H42N2O+2. The van der Waals surface area contributed by atoms with Crippen LogP contribution in [0.3, 0.4) is 0 Å². The van der Waals surface area contributed by atoms with E-state index >= 15 is 0 Å². The van der Waals surface area contributed by atoms with Crippen molar-refractivity contribution in [2.45, 2.75) is 66.9 Å². The van der Waals surface area contributed by atoms with Gasteiger partial charge in [-0.2, -0.15) is 0 Å². The number of benzene rings is 4. The Balaban J connectivity index is 1.43. The molecule has 7 aromatic rings. The summed E-state index contributed by atoms with van der Waals surface area (Å²) >= 11 is 0. The third-order valence-electron chi connectivity index (χ3n) is 11.5. The van der Waals surface area contributed by atoms with E-state index in [9.17, 15) is 2.74 Å². The lowest BCUT2D eigenvalue weighted by molar-refractivity contribution is -0.954. The van der Waals surface area contributed by atoms with Gasteiger partial charge in [0.05, 0.1) is 5.56 Å². The fourth-order valence-electron chi connectivity index (χ4n) is 9.37. The molecule has 3 nitrogen and oxygen atoms in total. The van der Waals surface area contributed by atoms with Gasteiger partial charge in [0.1, 0.15) is 27.9 Å². The van der Waals surface area contributed by atoms with Crippen LogP contribution in [0, 0.1) is 19.3 Å². The van der Waals surface area contributed by atoms with Gasteiger partial charge in [0, 0.05) is 42.8 Å². The normalized spacial score (nSPS) is 18.0. The number of allylic oxidation sites excluding steroid dienone is 2. The molecule has 0 bridgehead atoms. The van der Waals surface area contributed by atoms with Gasteiger partial charge in [0.2, 0.25) is 11.4 Å². The smallest absolute Gasteiger partial charge is 0.417 e. The molecule has 3 aliphatic rings. The lowest BCUT2D eigenvalue weighted by Gasteiger charge is -2.23. The van der Waals surface area contributed by atoms with Crippen molar-refractivity contribution >= 4 is 27.5 Å². The van der Waals surface area contributed by atoms with Crippen LogP contribution in [0.4, 0.5) is 0 Å². The Morgan fingerprint density at radius 3 is 2.20 bits per heavy atom. The Morgan fingerprint density at radius 1 is 0.700 bits per heavy atom. The van der Waals surface area contributed by atoms with Crippen molar-refractivity contribution < 1.29 is 16.3 Å². The van der Waals surface area contributed by atoms with Crippen molar-refractivity contribution in [1.29, 1.82) is 0 Å². The van der Waals surface area contributed by atoms with Crippen LogP contribution >= 0.6 is 0 Å². The summed E-state index contributed by atoms with van der Waals surface area (Å²) in [4.78, 5) is 0. The highest BCUT2D eigenvalue weighted by atomic mass is 16.3. The average molecular weight is 653 g/mol. The topological polar surface area (TPSA) is 20.9 Å². The number of aryl methyl sites for hydroxylation is 2. The van der Waals surface area contributed by atoms with Gasteiger partial charge in [0.15, 0.2) is 12.4 Å². The Morgan fingerprint density at radius 2 is 1.42 bits per heavy atom. The molecule has 244 valence electrons. The van der Waals surface area contributed by atoms with E-state index in [2.05, 4.69) is 140 Å². The first-order valence-electron chi connectivity index (χ1n) is 18.8. The number of hydrogen-bond donors (Lipinski definition) is 0. The maximum atomic E-state index is 9.83. The number of aromatic nitrogens is 2. The largest absolute Gasteiger partial charge is 0.454 e. The molecule has 5 heterocycles. The Labute approximate surface area is 297 Å². The fourth-order valence-corrected chi connectivity index (χ4v) is 9.37. The summed E-state index contributed by atoms with van der Waals surface area (Å²) in [6, 6.07) is 32.8. The second kappa shape index (κ2) is 9.91. The zero-order valence-corrected chi connectivity index (χ0v) is 29.8. The number of furan rings is 1. The molecule has 0 amide bonds. The summed E-state index contributed by atoms with van der Waals surface area (Å²) in [7, 11) is 0. The first-order chi connectivity index (χ1) is 24.9. The molecule has 0 saturated heterocycles. The second-order valence-electron chi connectivity index (χ2n) is 15.7. The highest BCUT2D eigenvalue weighted by molar-refractivity contribution is 6.13. The van der Waals surface area contributed by atoms with Crippen molar-refractivity contribution in [1.82, 2.24) is 0 Å². The lowest BCUT2D eigenvalue weighted by Crippen LogP contribution is -2.71. The minimum absolute atomic E-state index is 0.675. The van der Waals surface area contributed by atoms with Crippen LogP contribution in [-0.2, 0) is 18.5 Å². The van der Waals surface area contributed by atoms with Crippen LogP contribution in [0.2, 0.25) is 0 Å². The molecule has 3 aromatic heterocycles. The van der Waals surface area contributed by atoms with Gasteiger partial charge in [-0.25, -0.2) is 0 Å². The van der Waals surface area contributed by atoms with E-state index in [4.69, 9.17) is 4.42 Å². The Kier molecular flexibility index (Phi) is 5.46. The van der Waals surface area contributed by atoms with E-state index < -0.39 is 17.5 Å². The molecule has 2 aliphatic heterocycles. The maximum Gasteiger partial charge on any atom is 0.417 e. The minimum atomic E-state index is -1.66. The van der Waals surface area contributed by atoms with Gasteiger partial charge in [-0.1, -0.05) is 68.8 Å². The highest BCUT2D eigenvalue weighted by Crippen LogP contribution is 2.52. The zero-order chi connectivity index (χ0) is 36.1. The minimum Gasteiger partial charge on any atom is -0.454 e. The summed E-state index contributed by atoms with van der Waals surface area (Å²) in [5.74, 6) is 0. The van der Waals surface area contributed by atoms with Gasteiger partial charge >= 0.3 is 5.66 Å². The van der Waals surface area contributed by atoms with Crippen LogP contribution in [0.15, 0.2) is 113 Å². The summed E-state index contributed by atoms with van der Waals surface area (Å²) in [5, 5.41) is 2.21. The molecule has 1 spiro atoms. The zero-order valence-electron chi connectivity index (χ0n) is 31.8. The van der Waals surface area contributed by atoms with Crippen molar-refractivity contribution in [3.8, 4) is 33.6 Å². The number of hydrogen-bond acceptors (Lipinski definition) is 1. The van der Waals surface area contributed by atoms with Crippen LogP contribution in [0.25, 0.3) is 61.2 Å². The molecule has 4 aromatic carbocycles. The summed E-state index contributed by atoms with van der Waals surface area (Å²) in [6.45, 7) is 14.8. The maximum absolute atomic E-state index is 9.83. The molecule has 0 saturated carbocycles. The van der Waals surface area contributed by atoms with Crippen molar-refractivity contribution in [2.75, 3.05) is 0 Å². The molecule has 10 rings (SSSR count). The number of nitrogens with zero attached hydrogens (tertiary/aromatic N) is 2. The van der Waals surface area contributed by atoms with E-state index in [-0.39, 0.29) is 0 Å². The van der Waals surface area contributed by atoms with Crippen LogP contribution in [0.1, 0.15) is 76.3 Å². The first kappa shape index (κ1) is 27.5. The first-order valence-corrected chi connectivity index (χ1v) is 17.8. The van der Waals surface area contributed by atoms with Crippen LogP contribution in [0.5, 0.6) is 0 Å². The molecule has 1 unspecified atom stereocenters. The Bertz CT molecular complexity index is 2710. The standard InChI is InChI=1S/C47H42N2O/c1-27-13-12-14-28(2)41(27)36-26-49-40(24-32(36)25-46(5,6)7)43-38(47(49)37-16-9-8-15-35(37)39-17-10-11-22-48(39)47)21-20-34-33-19-18-31-23-29(3)30(4)42(31)44(33)50-45(34)43/h8-22,24,26H,23,25H2,1-7H3/q+2/i25D2. The van der Waals surface area contributed by atoms with Gasteiger partial charge < -0.3 is 4.42 Å². The molecule has 1 aliphatic carbocycles. The molecule has 50 heavy (non-hydrogen) atoms. The van der Waals surface area contributed by atoms with Crippen molar-refractivity contribution in [3.63, 3.8) is 0 Å². The molecule has 0 radical (unpaired) electrons. The quantitative estimate of drug-likeness (QED) is 0.170. The van der Waals surface area contributed by atoms with E-state index in [1.165, 1.54) is 33.4 Å². The average Bonchev–Trinajstić information content (AvgIpc) is 3.81. The number of pyridine rings is 2. The van der Waals surface area contributed by atoms with E-state index in [1.54, 1.807) is 0 Å². The monoisotopic (exact) mass is 652 g/mol. The SMILES string of the molecule is [2H]C([2H])(c1cc2[n+](cc1-c1c(C)cccc1C)C1(c3ccccc3-c3cccc[n+]31)c1ccc3c(oc4c5c(ccc43)CC(C)=C5C)c1-2)C(C)(C)C. The highest BCUT2D eigenvalue weighted by Gasteiger charge is 2.67. The predicted molar refractivity (Wildman–Crippen MR) is 203 cm³/mol. The number of fused-ring (bicyclic) bond motifs is 16. The predicted octanol–water partition coefficient (Wildman–Crippen LogP) is 10.6. The summed E-state index contributed by atoms with van der Waals surface area (Å²) in [6.07, 6.45) is 3.75. The van der Waals surface area contributed by atoms with Gasteiger partial charge in [-0.3, -0.25) is 0 Å². The second-order valence-corrected chi connectivity index (χ2v) is 15.7. The molecule has 0 N–H and O–H groups in total. The molecule has 1 atom stereocenters. The Hall–Kier alpha value is -5.28. The van der Waals surface area contributed by atoms with Gasteiger partial charge in [-0.05, 0) is 110 Å². The molecule has 3 heteroatoms. The number of rotatable bonds is 2. The third kappa shape index (κ3) is 3.70. The van der Waals surface area contributed by atoms with Crippen LogP contribution in [-0.4, -0.2) is 0 Å².